The van der Waals surface area contributed by atoms with Crippen molar-refractivity contribution in [1.82, 2.24) is 14.8 Å². The van der Waals surface area contributed by atoms with Gasteiger partial charge in [-0.15, -0.1) is 10.2 Å². The molecule has 68 valence electrons. The van der Waals surface area contributed by atoms with E-state index in [4.69, 9.17) is 10.2 Å². The molecule has 0 bridgehead atoms. The van der Waals surface area contributed by atoms with Crippen LogP contribution in [0.1, 0.15) is 0 Å². The molecule has 0 fully saturated rings. The molecule has 0 aliphatic carbocycles. The zero-order valence-electron chi connectivity index (χ0n) is 7.06. The molecule has 0 saturated carbocycles. The molecule has 6 nitrogen and oxygen atoms in total. The monoisotopic (exact) mass is 179 g/mol. The third-order valence-electron chi connectivity index (χ3n) is 1.66. The number of hydrogen-bond acceptors (Lipinski definition) is 5. The van der Waals surface area contributed by atoms with Crippen LogP contribution in [0, 0.1) is 0 Å². The fraction of sp³-hybridized carbons (Fsp3) is 0.143. The molecule has 6 heteroatoms. The summed E-state index contributed by atoms with van der Waals surface area (Å²) >= 11 is 0. The van der Waals surface area contributed by atoms with E-state index in [-0.39, 0.29) is 0 Å². The van der Waals surface area contributed by atoms with Crippen LogP contribution in [0.2, 0.25) is 0 Å². The topological polar surface area (TPSA) is 81.9 Å². The normalized spacial score (nSPS) is 10.2. The molecule has 0 aromatic carbocycles. The molecule has 0 aliphatic rings. The van der Waals surface area contributed by atoms with Gasteiger partial charge in [0.25, 0.3) is 0 Å². The summed E-state index contributed by atoms with van der Waals surface area (Å²) in [5.41, 5.74) is 5.49. The van der Waals surface area contributed by atoms with Gasteiger partial charge in [0.2, 0.25) is 11.9 Å². The predicted molar refractivity (Wildman–Crippen MR) is 47.4 cm³/mol. The van der Waals surface area contributed by atoms with Gasteiger partial charge in [0, 0.05) is 13.1 Å². The van der Waals surface area contributed by atoms with E-state index in [1.54, 1.807) is 30.0 Å². The average Bonchev–Trinajstić information content (AvgIpc) is 2.71. The molecule has 2 aromatic rings. The Morgan fingerprint density at radius 2 is 2.38 bits per heavy atom. The van der Waals surface area contributed by atoms with Gasteiger partial charge in [-0.1, -0.05) is 0 Å². The minimum atomic E-state index is 0.356. The van der Waals surface area contributed by atoms with Crippen LogP contribution in [-0.4, -0.2) is 14.8 Å². The number of hydrogen-bond donors (Lipinski definition) is 2. The standard InChI is InChI=1S/C7H9N5O/c1-12-6(8)10-11-7(12)9-5-3-2-4-13-5/h2-4H,1H3,(H2,8,10)(H,9,11). The largest absolute Gasteiger partial charge is 0.449 e. The van der Waals surface area contributed by atoms with Crippen LogP contribution in [0.5, 0.6) is 0 Å². The summed E-state index contributed by atoms with van der Waals surface area (Å²) in [6.07, 6.45) is 1.57. The highest BCUT2D eigenvalue weighted by molar-refractivity contribution is 5.47. The number of nitrogens with one attached hydrogen (secondary N) is 1. The van der Waals surface area contributed by atoms with E-state index in [9.17, 15) is 0 Å². The Morgan fingerprint density at radius 3 is 2.92 bits per heavy atom. The fourth-order valence-electron chi connectivity index (χ4n) is 0.910. The van der Waals surface area contributed by atoms with Gasteiger partial charge in [-0.05, 0) is 6.07 Å². The van der Waals surface area contributed by atoms with Crippen molar-refractivity contribution < 1.29 is 4.42 Å². The lowest BCUT2D eigenvalue weighted by Crippen LogP contribution is -2.01. The molecule has 0 saturated heterocycles. The van der Waals surface area contributed by atoms with Crippen LogP contribution in [0.25, 0.3) is 0 Å². The van der Waals surface area contributed by atoms with E-state index in [0.717, 1.165) is 0 Å². The van der Waals surface area contributed by atoms with E-state index in [1.807, 2.05) is 0 Å². The number of furan rings is 1. The molecule has 0 spiro atoms. The third-order valence-corrected chi connectivity index (χ3v) is 1.66. The molecule has 0 atom stereocenters. The Morgan fingerprint density at radius 1 is 1.54 bits per heavy atom. The molecule has 0 amide bonds. The lowest BCUT2D eigenvalue weighted by atomic mass is 10.6. The number of anilines is 3. The molecule has 0 radical (unpaired) electrons. The maximum Gasteiger partial charge on any atom is 0.232 e. The number of nitrogens with zero attached hydrogens (tertiary/aromatic N) is 3. The molecule has 13 heavy (non-hydrogen) atoms. The molecule has 0 aliphatic heterocycles. The SMILES string of the molecule is Cn1c(N)nnc1Nc1ccco1. The zero-order valence-corrected chi connectivity index (χ0v) is 7.06. The highest BCUT2D eigenvalue weighted by atomic mass is 16.3. The van der Waals surface area contributed by atoms with Gasteiger partial charge >= 0.3 is 0 Å². The first kappa shape index (κ1) is 7.66. The molecule has 3 N–H and O–H groups in total. The van der Waals surface area contributed by atoms with Crippen molar-refractivity contribution in [3.63, 3.8) is 0 Å². The number of nitrogen functional groups attached to an aromatic ring is 1. The van der Waals surface area contributed by atoms with Crippen molar-refractivity contribution in [2.24, 2.45) is 7.05 Å². The van der Waals surface area contributed by atoms with Crippen LogP contribution < -0.4 is 11.1 Å². The van der Waals surface area contributed by atoms with Crippen molar-refractivity contribution in [3.8, 4) is 0 Å². The average molecular weight is 179 g/mol. The highest BCUT2D eigenvalue weighted by Crippen LogP contribution is 2.14. The van der Waals surface area contributed by atoms with Crippen LogP contribution in [0.15, 0.2) is 22.8 Å². The summed E-state index contributed by atoms with van der Waals surface area (Å²) in [5.74, 6) is 1.51. The minimum absolute atomic E-state index is 0.356. The number of nitrogens with two attached hydrogens (primary N) is 1. The summed E-state index contributed by atoms with van der Waals surface area (Å²) in [5, 5.41) is 10.4. The van der Waals surface area contributed by atoms with Crippen LogP contribution in [-0.2, 0) is 7.05 Å². The number of rotatable bonds is 2. The quantitative estimate of drug-likeness (QED) is 0.710. The van der Waals surface area contributed by atoms with Gasteiger partial charge < -0.3 is 10.2 Å². The summed E-state index contributed by atoms with van der Waals surface area (Å²) in [4.78, 5) is 0. The maximum absolute atomic E-state index is 5.49. The van der Waals surface area contributed by atoms with Gasteiger partial charge in [0.1, 0.15) is 0 Å². The summed E-state index contributed by atoms with van der Waals surface area (Å²) < 4.78 is 6.70. The van der Waals surface area contributed by atoms with Crippen molar-refractivity contribution >= 4 is 17.8 Å². The van der Waals surface area contributed by atoms with E-state index in [1.165, 1.54) is 0 Å². The second-order valence-corrected chi connectivity index (χ2v) is 2.54. The third kappa shape index (κ3) is 1.33. The van der Waals surface area contributed by atoms with Crippen molar-refractivity contribution in [2.75, 3.05) is 11.1 Å². The molecule has 2 aromatic heterocycles. The molecular formula is C7H9N5O. The van der Waals surface area contributed by atoms with E-state index in [0.29, 0.717) is 17.8 Å². The van der Waals surface area contributed by atoms with Crippen LogP contribution in [0.4, 0.5) is 17.8 Å². The smallest absolute Gasteiger partial charge is 0.232 e. The fourth-order valence-corrected chi connectivity index (χ4v) is 0.910. The Kier molecular flexibility index (Phi) is 1.66. The van der Waals surface area contributed by atoms with Gasteiger partial charge in [0.05, 0.1) is 6.26 Å². The van der Waals surface area contributed by atoms with Gasteiger partial charge in [-0.25, -0.2) is 0 Å². The van der Waals surface area contributed by atoms with Crippen molar-refractivity contribution in [3.05, 3.63) is 18.4 Å². The lowest BCUT2D eigenvalue weighted by molar-refractivity contribution is 0.583. The Labute approximate surface area is 74.4 Å². The van der Waals surface area contributed by atoms with Gasteiger partial charge in [-0.3, -0.25) is 9.88 Å². The number of aromatic nitrogens is 3. The Balaban J connectivity index is 2.24. The van der Waals surface area contributed by atoms with Gasteiger partial charge in [0.15, 0.2) is 5.88 Å². The first-order valence-electron chi connectivity index (χ1n) is 3.73. The molecule has 2 rings (SSSR count). The molecular weight excluding hydrogens is 170 g/mol. The Bertz CT molecular complexity index is 391. The second-order valence-electron chi connectivity index (χ2n) is 2.54. The van der Waals surface area contributed by atoms with E-state index < -0.39 is 0 Å². The van der Waals surface area contributed by atoms with Crippen molar-refractivity contribution in [1.29, 1.82) is 0 Å². The van der Waals surface area contributed by atoms with E-state index in [2.05, 4.69) is 15.5 Å². The minimum Gasteiger partial charge on any atom is -0.449 e. The summed E-state index contributed by atoms with van der Waals surface area (Å²) in [6.45, 7) is 0. The van der Waals surface area contributed by atoms with Gasteiger partial charge in [-0.2, -0.15) is 0 Å². The van der Waals surface area contributed by atoms with E-state index >= 15 is 0 Å². The molecule has 0 unspecified atom stereocenters. The highest BCUT2D eigenvalue weighted by Gasteiger charge is 2.05. The first-order chi connectivity index (χ1) is 6.27. The van der Waals surface area contributed by atoms with Crippen molar-refractivity contribution in [2.45, 2.75) is 0 Å². The summed E-state index contributed by atoms with van der Waals surface area (Å²) in [6, 6.07) is 3.56. The zero-order chi connectivity index (χ0) is 9.26. The van der Waals surface area contributed by atoms with Crippen LogP contribution >= 0.6 is 0 Å². The van der Waals surface area contributed by atoms with Crippen LogP contribution in [0.3, 0.4) is 0 Å². The second kappa shape index (κ2) is 2.81. The molecule has 2 heterocycles. The maximum atomic E-state index is 5.49. The Hall–Kier alpha value is -1.98. The first-order valence-corrected chi connectivity index (χ1v) is 3.73. The summed E-state index contributed by atoms with van der Waals surface area (Å²) in [7, 11) is 1.76. The predicted octanol–water partition coefficient (Wildman–Crippen LogP) is 0.734. The lowest BCUT2D eigenvalue weighted by Gasteiger charge is -2.00.